The molecule has 0 aliphatic heterocycles. The van der Waals surface area contributed by atoms with Gasteiger partial charge in [0.05, 0.1) is 7.11 Å². The molecule has 0 saturated heterocycles. The van der Waals surface area contributed by atoms with Gasteiger partial charge in [0.25, 0.3) is 0 Å². The lowest BCUT2D eigenvalue weighted by molar-refractivity contribution is 0.410. The van der Waals surface area contributed by atoms with Gasteiger partial charge in [0.2, 0.25) is 5.75 Å². The van der Waals surface area contributed by atoms with Gasteiger partial charge in [-0.3, -0.25) is 0 Å². The zero-order chi connectivity index (χ0) is 12.4. The molecule has 17 heavy (non-hydrogen) atoms. The fourth-order valence-corrected chi connectivity index (χ4v) is 2.44. The first kappa shape index (κ1) is 12.0. The van der Waals surface area contributed by atoms with E-state index < -0.39 is 0 Å². The van der Waals surface area contributed by atoms with Gasteiger partial charge in [-0.2, -0.15) is 0 Å². The standard InChI is InChI=1S/C12H20N4O/c1-7-4-5-9(8(7)2)16-12-10(17-3)11(13)14-6-15-12/h6-9H,4-5H2,1-3H3,(H3,13,14,15,16). The van der Waals surface area contributed by atoms with Gasteiger partial charge in [-0.15, -0.1) is 0 Å². The number of nitrogens with two attached hydrogens (primary N) is 1. The van der Waals surface area contributed by atoms with Gasteiger partial charge in [-0.05, 0) is 24.7 Å². The molecule has 1 heterocycles. The Morgan fingerprint density at radius 1 is 1.35 bits per heavy atom. The fourth-order valence-electron chi connectivity index (χ4n) is 2.44. The van der Waals surface area contributed by atoms with Gasteiger partial charge in [-0.25, -0.2) is 9.97 Å². The molecule has 94 valence electrons. The number of anilines is 2. The quantitative estimate of drug-likeness (QED) is 0.838. The summed E-state index contributed by atoms with van der Waals surface area (Å²) < 4.78 is 5.24. The highest BCUT2D eigenvalue weighted by Crippen LogP contribution is 2.35. The molecule has 1 aliphatic rings. The molecule has 0 amide bonds. The molecule has 1 saturated carbocycles. The lowest BCUT2D eigenvalue weighted by atomic mass is 9.98. The highest BCUT2D eigenvalue weighted by atomic mass is 16.5. The second-order valence-electron chi connectivity index (χ2n) is 4.81. The molecule has 0 aromatic carbocycles. The van der Waals surface area contributed by atoms with Crippen LogP contribution < -0.4 is 15.8 Å². The van der Waals surface area contributed by atoms with Crippen molar-refractivity contribution in [2.24, 2.45) is 11.8 Å². The zero-order valence-corrected chi connectivity index (χ0v) is 10.6. The van der Waals surface area contributed by atoms with Crippen molar-refractivity contribution in [2.75, 3.05) is 18.2 Å². The van der Waals surface area contributed by atoms with Crippen LogP contribution in [0.3, 0.4) is 0 Å². The van der Waals surface area contributed by atoms with Gasteiger partial charge in [-0.1, -0.05) is 13.8 Å². The van der Waals surface area contributed by atoms with Crippen molar-refractivity contribution < 1.29 is 4.74 Å². The third-order valence-electron chi connectivity index (χ3n) is 3.82. The molecule has 1 aromatic heterocycles. The summed E-state index contributed by atoms with van der Waals surface area (Å²) in [5, 5.41) is 3.43. The molecule has 0 radical (unpaired) electrons. The maximum absolute atomic E-state index is 5.75. The molecule has 2 rings (SSSR count). The highest BCUT2D eigenvalue weighted by molar-refractivity contribution is 5.61. The lowest BCUT2D eigenvalue weighted by Gasteiger charge is -2.21. The topological polar surface area (TPSA) is 73.1 Å². The molecule has 0 bridgehead atoms. The summed E-state index contributed by atoms with van der Waals surface area (Å²) in [4.78, 5) is 8.13. The van der Waals surface area contributed by atoms with E-state index in [4.69, 9.17) is 10.5 Å². The van der Waals surface area contributed by atoms with Crippen LogP contribution in [0.15, 0.2) is 6.33 Å². The fraction of sp³-hybridized carbons (Fsp3) is 0.667. The van der Waals surface area contributed by atoms with E-state index in [0.717, 1.165) is 12.3 Å². The van der Waals surface area contributed by atoms with E-state index in [2.05, 4.69) is 29.1 Å². The Bertz CT molecular complexity index is 396. The zero-order valence-electron chi connectivity index (χ0n) is 10.6. The van der Waals surface area contributed by atoms with Crippen molar-refractivity contribution >= 4 is 11.6 Å². The molecular formula is C12H20N4O. The molecule has 1 aromatic rings. The number of nitrogen functional groups attached to an aromatic ring is 1. The van der Waals surface area contributed by atoms with E-state index in [0.29, 0.717) is 29.3 Å². The van der Waals surface area contributed by atoms with Crippen LogP contribution in [-0.2, 0) is 0 Å². The van der Waals surface area contributed by atoms with Crippen LogP contribution in [0.4, 0.5) is 11.6 Å². The smallest absolute Gasteiger partial charge is 0.203 e. The minimum atomic E-state index is 0.378. The summed E-state index contributed by atoms with van der Waals surface area (Å²) in [6, 6.07) is 0.438. The average Bonchev–Trinajstić information content (AvgIpc) is 2.61. The number of hydrogen-bond acceptors (Lipinski definition) is 5. The Morgan fingerprint density at radius 2 is 2.12 bits per heavy atom. The lowest BCUT2D eigenvalue weighted by Crippen LogP contribution is -2.25. The van der Waals surface area contributed by atoms with Crippen molar-refractivity contribution in [3.05, 3.63) is 6.33 Å². The van der Waals surface area contributed by atoms with Crippen molar-refractivity contribution in [3.63, 3.8) is 0 Å². The Labute approximate surface area is 102 Å². The summed E-state index contributed by atoms with van der Waals surface area (Å²) >= 11 is 0. The Kier molecular flexibility index (Phi) is 3.36. The number of hydrogen-bond donors (Lipinski definition) is 2. The van der Waals surface area contributed by atoms with E-state index >= 15 is 0 Å². The van der Waals surface area contributed by atoms with Gasteiger partial charge in [0, 0.05) is 6.04 Å². The van der Waals surface area contributed by atoms with Crippen LogP contribution in [0, 0.1) is 11.8 Å². The normalized spacial score (nSPS) is 28.1. The van der Waals surface area contributed by atoms with Gasteiger partial charge < -0.3 is 15.8 Å². The monoisotopic (exact) mass is 236 g/mol. The number of nitrogens with zero attached hydrogens (tertiary/aromatic N) is 2. The molecule has 5 nitrogen and oxygen atoms in total. The summed E-state index contributed by atoms with van der Waals surface area (Å²) in [5.74, 6) is 3.00. The van der Waals surface area contributed by atoms with Crippen LogP contribution in [0.1, 0.15) is 26.7 Å². The third-order valence-corrected chi connectivity index (χ3v) is 3.82. The maximum Gasteiger partial charge on any atom is 0.203 e. The number of methoxy groups -OCH3 is 1. The molecule has 1 fully saturated rings. The predicted octanol–water partition coefficient (Wildman–Crippen LogP) is 1.91. The molecule has 5 heteroatoms. The first-order valence-electron chi connectivity index (χ1n) is 6.04. The van der Waals surface area contributed by atoms with E-state index in [1.807, 2.05) is 0 Å². The van der Waals surface area contributed by atoms with E-state index in [-0.39, 0.29) is 0 Å². The molecule has 3 atom stereocenters. The second-order valence-corrected chi connectivity index (χ2v) is 4.81. The van der Waals surface area contributed by atoms with Gasteiger partial charge in [0.1, 0.15) is 6.33 Å². The first-order valence-corrected chi connectivity index (χ1v) is 6.04. The summed E-state index contributed by atoms with van der Waals surface area (Å²) in [5.41, 5.74) is 5.75. The van der Waals surface area contributed by atoms with E-state index in [1.54, 1.807) is 7.11 Å². The van der Waals surface area contributed by atoms with Crippen LogP contribution >= 0.6 is 0 Å². The summed E-state index contributed by atoms with van der Waals surface area (Å²) in [6.45, 7) is 4.56. The van der Waals surface area contributed by atoms with Crippen molar-refractivity contribution in [1.29, 1.82) is 0 Å². The minimum Gasteiger partial charge on any atom is -0.490 e. The van der Waals surface area contributed by atoms with E-state index in [1.165, 1.54) is 12.7 Å². The van der Waals surface area contributed by atoms with Gasteiger partial charge >= 0.3 is 0 Å². The Hall–Kier alpha value is -1.52. The molecular weight excluding hydrogens is 216 g/mol. The average molecular weight is 236 g/mol. The van der Waals surface area contributed by atoms with Crippen LogP contribution in [0.25, 0.3) is 0 Å². The molecule has 3 unspecified atom stereocenters. The summed E-state index contributed by atoms with van der Waals surface area (Å²) in [6.07, 6.45) is 3.88. The second kappa shape index (κ2) is 4.77. The van der Waals surface area contributed by atoms with E-state index in [9.17, 15) is 0 Å². The number of ether oxygens (including phenoxy) is 1. The molecule has 1 aliphatic carbocycles. The number of nitrogens with one attached hydrogen (secondary N) is 1. The SMILES string of the molecule is COc1c(N)ncnc1NC1CCC(C)C1C. The minimum absolute atomic E-state index is 0.378. The van der Waals surface area contributed by atoms with Gasteiger partial charge in [0.15, 0.2) is 11.6 Å². The highest BCUT2D eigenvalue weighted by Gasteiger charge is 2.30. The van der Waals surface area contributed by atoms with Crippen molar-refractivity contribution in [1.82, 2.24) is 9.97 Å². The van der Waals surface area contributed by atoms with Crippen molar-refractivity contribution in [2.45, 2.75) is 32.7 Å². The van der Waals surface area contributed by atoms with Crippen LogP contribution in [0.5, 0.6) is 5.75 Å². The third kappa shape index (κ3) is 2.28. The number of rotatable bonds is 3. The molecule has 3 N–H and O–H groups in total. The largest absolute Gasteiger partial charge is 0.490 e. The maximum atomic E-state index is 5.75. The number of aromatic nitrogens is 2. The Morgan fingerprint density at radius 3 is 2.71 bits per heavy atom. The Balaban J connectivity index is 2.16. The molecule has 0 spiro atoms. The summed E-state index contributed by atoms with van der Waals surface area (Å²) in [7, 11) is 1.58. The van der Waals surface area contributed by atoms with Crippen LogP contribution in [-0.4, -0.2) is 23.1 Å². The van der Waals surface area contributed by atoms with Crippen molar-refractivity contribution in [3.8, 4) is 5.75 Å². The van der Waals surface area contributed by atoms with Crippen LogP contribution in [0.2, 0.25) is 0 Å². The first-order chi connectivity index (χ1) is 8.13. The predicted molar refractivity (Wildman–Crippen MR) is 68.0 cm³/mol.